The first-order valence-corrected chi connectivity index (χ1v) is 8.01. The quantitative estimate of drug-likeness (QED) is 0.743. The Kier molecular flexibility index (Phi) is 4.95. The maximum atomic E-state index is 11.5. The second-order valence-corrected chi connectivity index (χ2v) is 7.37. The van der Waals surface area contributed by atoms with Crippen LogP contribution in [0.1, 0.15) is 59.3 Å². The lowest BCUT2D eigenvalue weighted by Crippen LogP contribution is -2.42. The number of fused-ring (bicyclic) bond motifs is 1. The van der Waals surface area contributed by atoms with Crippen LogP contribution in [0.5, 0.6) is 0 Å². The van der Waals surface area contributed by atoms with E-state index in [1.54, 1.807) is 30.6 Å². The van der Waals surface area contributed by atoms with Crippen molar-refractivity contribution in [1.82, 2.24) is 4.90 Å². The molecule has 20 heavy (non-hydrogen) atoms. The van der Waals surface area contributed by atoms with Crippen LogP contribution >= 0.6 is 0 Å². The van der Waals surface area contributed by atoms with Crippen molar-refractivity contribution in [3.63, 3.8) is 0 Å². The topological polar surface area (TPSA) is 49.8 Å². The number of aliphatic hydroxyl groups is 1. The van der Waals surface area contributed by atoms with Crippen molar-refractivity contribution in [2.45, 2.75) is 71.0 Å². The number of ether oxygens (including phenoxy) is 1. The number of hydrogen-bond acceptors (Lipinski definition) is 3. The SMILES string of the molecule is C1CC2CCC12.CC(C)(C)OC(=O)N1CCC(O)CC1. The van der Waals surface area contributed by atoms with Gasteiger partial charge in [0.05, 0.1) is 6.10 Å². The number of piperidine rings is 1. The monoisotopic (exact) mass is 283 g/mol. The van der Waals surface area contributed by atoms with Crippen LogP contribution in [0.25, 0.3) is 0 Å². The highest BCUT2D eigenvalue weighted by molar-refractivity contribution is 5.68. The molecule has 4 nitrogen and oxygen atoms in total. The molecule has 3 rings (SSSR count). The van der Waals surface area contributed by atoms with Gasteiger partial charge in [0.1, 0.15) is 5.60 Å². The van der Waals surface area contributed by atoms with Crippen LogP contribution in [0.3, 0.4) is 0 Å². The van der Waals surface area contributed by atoms with Crippen molar-refractivity contribution in [2.75, 3.05) is 13.1 Å². The lowest BCUT2D eigenvalue weighted by Gasteiger charge is -2.46. The van der Waals surface area contributed by atoms with Gasteiger partial charge in [-0.2, -0.15) is 0 Å². The molecule has 0 radical (unpaired) electrons. The van der Waals surface area contributed by atoms with E-state index in [1.807, 2.05) is 20.8 Å². The number of carbonyl (C=O) groups is 1. The highest BCUT2D eigenvalue weighted by atomic mass is 16.6. The van der Waals surface area contributed by atoms with E-state index in [4.69, 9.17) is 4.74 Å². The van der Waals surface area contributed by atoms with Crippen molar-refractivity contribution in [2.24, 2.45) is 11.8 Å². The van der Waals surface area contributed by atoms with E-state index in [1.165, 1.54) is 11.8 Å². The van der Waals surface area contributed by atoms with Gasteiger partial charge in [-0.1, -0.05) is 0 Å². The standard InChI is InChI=1S/C10H19NO3.C6H10/c1-10(2,3)14-9(13)11-6-4-8(12)5-7-11;1-2-6-4-3-5(1)6/h8,12H,4-7H2,1-3H3;5-6H,1-4H2. The molecule has 3 fully saturated rings. The molecule has 2 aliphatic carbocycles. The Bertz CT molecular complexity index is 311. The minimum Gasteiger partial charge on any atom is -0.444 e. The van der Waals surface area contributed by atoms with E-state index in [9.17, 15) is 9.90 Å². The van der Waals surface area contributed by atoms with Crippen molar-refractivity contribution >= 4 is 6.09 Å². The lowest BCUT2D eigenvalue weighted by atomic mass is 9.60. The first kappa shape index (κ1) is 15.6. The van der Waals surface area contributed by atoms with Crippen molar-refractivity contribution in [1.29, 1.82) is 0 Å². The van der Waals surface area contributed by atoms with Gasteiger partial charge in [0.25, 0.3) is 0 Å². The van der Waals surface area contributed by atoms with E-state index in [0.717, 1.165) is 0 Å². The molecule has 3 aliphatic rings. The number of nitrogens with zero attached hydrogens (tertiary/aromatic N) is 1. The van der Waals surface area contributed by atoms with E-state index in [2.05, 4.69) is 0 Å². The molecule has 0 bridgehead atoms. The van der Waals surface area contributed by atoms with Gasteiger partial charge in [0.15, 0.2) is 0 Å². The minimum absolute atomic E-state index is 0.256. The third-order valence-corrected chi connectivity index (χ3v) is 4.60. The molecular weight excluding hydrogens is 254 g/mol. The molecule has 1 N–H and O–H groups in total. The molecule has 116 valence electrons. The molecular formula is C16H29NO3. The van der Waals surface area contributed by atoms with E-state index in [-0.39, 0.29) is 12.2 Å². The van der Waals surface area contributed by atoms with Gasteiger partial charge in [0, 0.05) is 13.1 Å². The van der Waals surface area contributed by atoms with Crippen molar-refractivity contribution in [3.05, 3.63) is 0 Å². The normalized spacial score (nSPS) is 29.3. The summed E-state index contributed by atoms with van der Waals surface area (Å²) in [6.07, 6.45) is 7.02. The molecule has 1 heterocycles. The molecule has 1 amide bonds. The third kappa shape index (κ3) is 4.37. The first-order valence-electron chi connectivity index (χ1n) is 8.01. The predicted molar refractivity (Wildman–Crippen MR) is 78.5 cm³/mol. The Labute approximate surface area is 122 Å². The van der Waals surface area contributed by atoms with Crippen LogP contribution in [0, 0.1) is 11.8 Å². The fourth-order valence-corrected chi connectivity index (χ4v) is 2.94. The number of likely N-dealkylation sites (tertiary alicyclic amines) is 1. The maximum Gasteiger partial charge on any atom is 0.410 e. The summed E-state index contributed by atoms with van der Waals surface area (Å²) < 4.78 is 5.22. The van der Waals surface area contributed by atoms with Gasteiger partial charge in [-0.15, -0.1) is 0 Å². The smallest absolute Gasteiger partial charge is 0.410 e. The zero-order valence-electron chi connectivity index (χ0n) is 13.1. The van der Waals surface area contributed by atoms with Crippen LogP contribution in [0.4, 0.5) is 4.79 Å². The number of carbonyl (C=O) groups excluding carboxylic acids is 1. The molecule has 1 saturated heterocycles. The number of hydrogen-bond donors (Lipinski definition) is 1. The largest absolute Gasteiger partial charge is 0.444 e. The Morgan fingerprint density at radius 1 is 1.00 bits per heavy atom. The molecule has 1 aliphatic heterocycles. The first-order chi connectivity index (χ1) is 9.35. The third-order valence-electron chi connectivity index (χ3n) is 4.60. The fraction of sp³-hybridized carbons (Fsp3) is 0.938. The molecule has 0 aromatic rings. The molecule has 0 spiro atoms. The lowest BCUT2D eigenvalue weighted by molar-refractivity contribution is 0.0101. The fourth-order valence-electron chi connectivity index (χ4n) is 2.94. The second-order valence-electron chi connectivity index (χ2n) is 7.37. The second kappa shape index (κ2) is 6.33. The van der Waals surface area contributed by atoms with E-state index >= 15 is 0 Å². The van der Waals surface area contributed by atoms with Gasteiger partial charge in [0.2, 0.25) is 0 Å². The molecule has 0 unspecified atom stereocenters. The van der Waals surface area contributed by atoms with Crippen molar-refractivity contribution in [3.8, 4) is 0 Å². The molecule has 0 aromatic heterocycles. The van der Waals surface area contributed by atoms with Crippen LogP contribution in [-0.4, -0.2) is 40.9 Å². The molecule has 2 saturated carbocycles. The maximum absolute atomic E-state index is 11.5. The Hall–Kier alpha value is -0.770. The zero-order chi connectivity index (χ0) is 14.8. The number of aliphatic hydroxyl groups excluding tert-OH is 1. The summed E-state index contributed by atoms with van der Waals surface area (Å²) in [7, 11) is 0. The van der Waals surface area contributed by atoms with Gasteiger partial charge < -0.3 is 14.7 Å². The summed E-state index contributed by atoms with van der Waals surface area (Å²) in [4.78, 5) is 13.2. The summed E-state index contributed by atoms with van der Waals surface area (Å²) in [6, 6.07) is 0. The Morgan fingerprint density at radius 2 is 1.45 bits per heavy atom. The van der Waals surface area contributed by atoms with Crippen LogP contribution in [-0.2, 0) is 4.74 Å². The van der Waals surface area contributed by atoms with Crippen LogP contribution in [0.2, 0.25) is 0 Å². The van der Waals surface area contributed by atoms with Gasteiger partial charge in [-0.05, 0) is 71.1 Å². The average molecular weight is 283 g/mol. The highest BCUT2D eigenvalue weighted by Gasteiger charge is 2.37. The summed E-state index contributed by atoms with van der Waals surface area (Å²) in [6.45, 7) is 6.74. The minimum atomic E-state index is -0.437. The summed E-state index contributed by atoms with van der Waals surface area (Å²) in [5.41, 5.74) is -0.437. The predicted octanol–water partition coefficient (Wildman–Crippen LogP) is 3.18. The van der Waals surface area contributed by atoms with Gasteiger partial charge >= 0.3 is 6.09 Å². The highest BCUT2D eigenvalue weighted by Crippen LogP contribution is 2.49. The van der Waals surface area contributed by atoms with Crippen LogP contribution < -0.4 is 0 Å². The van der Waals surface area contributed by atoms with Crippen molar-refractivity contribution < 1.29 is 14.6 Å². The Balaban J connectivity index is 0.000000198. The van der Waals surface area contributed by atoms with E-state index < -0.39 is 5.60 Å². The summed E-state index contributed by atoms with van der Waals surface area (Å²) in [5.74, 6) is 2.43. The summed E-state index contributed by atoms with van der Waals surface area (Å²) in [5, 5.41) is 9.26. The molecule has 0 atom stereocenters. The van der Waals surface area contributed by atoms with Crippen LogP contribution in [0.15, 0.2) is 0 Å². The number of amides is 1. The average Bonchev–Trinajstić information content (AvgIpc) is 2.33. The summed E-state index contributed by atoms with van der Waals surface area (Å²) >= 11 is 0. The van der Waals surface area contributed by atoms with Gasteiger partial charge in [-0.25, -0.2) is 4.79 Å². The van der Waals surface area contributed by atoms with Gasteiger partial charge in [-0.3, -0.25) is 0 Å². The number of rotatable bonds is 0. The molecule has 4 heteroatoms. The molecule has 0 aromatic carbocycles. The van der Waals surface area contributed by atoms with E-state index in [0.29, 0.717) is 25.9 Å². The Morgan fingerprint density at radius 3 is 1.75 bits per heavy atom. The zero-order valence-corrected chi connectivity index (χ0v) is 13.1.